The standard InChI is InChI=1S/C30H30F3NO6/c1-5-39-28(36)23-16(3)34-21-15-19(17-11-8-10-14-22(17)38-4)25(29(37)40-6-2)27(35)26(21)24(23)18-12-7-9-13-20(18)30(31,32)33/h7-14,19,24-25,34H,5-6,15H2,1-4H3. The molecule has 7 nitrogen and oxygen atoms in total. The van der Waals surface area contributed by atoms with E-state index in [-0.39, 0.29) is 42.0 Å². The summed E-state index contributed by atoms with van der Waals surface area (Å²) in [5.41, 5.74) is -0.309. The van der Waals surface area contributed by atoms with Crippen LogP contribution in [-0.4, -0.2) is 38.0 Å². The molecular formula is C30H30F3NO6. The maximum atomic E-state index is 14.3. The summed E-state index contributed by atoms with van der Waals surface area (Å²) in [4.78, 5) is 40.8. The van der Waals surface area contributed by atoms with Crippen molar-refractivity contribution in [1.29, 1.82) is 0 Å². The fraction of sp³-hybridized carbons (Fsp3) is 0.367. The second-order valence-electron chi connectivity index (χ2n) is 9.44. The van der Waals surface area contributed by atoms with Gasteiger partial charge < -0.3 is 19.5 Å². The van der Waals surface area contributed by atoms with Crippen molar-refractivity contribution in [1.82, 2.24) is 5.32 Å². The smallest absolute Gasteiger partial charge is 0.416 e. The van der Waals surface area contributed by atoms with Crippen LogP contribution >= 0.6 is 0 Å². The van der Waals surface area contributed by atoms with Gasteiger partial charge in [-0.3, -0.25) is 9.59 Å². The van der Waals surface area contributed by atoms with Crippen LogP contribution in [0.25, 0.3) is 0 Å². The number of esters is 2. The first-order valence-electron chi connectivity index (χ1n) is 12.9. The van der Waals surface area contributed by atoms with E-state index in [0.29, 0.717) is 17.0 Å². The van der Waals surface area contributed by atoms with Crippen LogP contribution in [0.15, 0.2) is 71.1 Å². The number of allylic oxidation sites excluding steroid dienone is 3. The molecule has 3 unspecified atom stereocenters. The normalized spacial score (nSPS) is 21.0. The van der Waals surface area contributed by atoms with E-state index in [2.05, 4.69) is 5.32 Å². The zero-order valence-corrected chi connectivity index (χ0v) is 22.6. The Hall–Kier alpha value is -4.08. The van der Waals surface area contributed by atoms with Crippen LogP contribution in [0.2, 0.25) is 0 Å². The third kappa shape index (κ3) is 5.22. The third-order valence-electron chi connectivity index (χ3n) is 7.17. The number of dihydropyridines is 1. The lowest BCUT2D eigenvalue weighted by atomic mass is 9.66. The molecule has 4 rings (SSSR count). The predicted octanol–water partition coefficient (Wildman–Crippen LogP) is 5.43. The number of methoxy groups -OCH3 is 1. The van der Waals surface area contributed by atoms with Gasteiger partial charge in [0.05, 0.1) is 31.5 Å². The lowest BCUT2D eigenvalue weighted by Gasteiger charge is -2.40. The van der Waals surface area contributed by atoms with E-state index in [1.165, 1.54) is 25.3 Å². The van der Waals surface area contributed by atoms with Gasteiger partial charge in [-0.15, -0.1) is 0 Å². The van der Waals surface area contributed by atoms with Crippen molar-refractivity contribution in [2.24, 2.45) is 5.92 Å². The maximum Gasteiger partial charge on any atom is 0.416 e. The maximum absolute atomic E-state index is 14.3. The molecule has 0 amide bonds. The van der Waals surface area contributed by atoms with Crippen molar-refractivity contribution in [3.63, 3.8) is 0 Å². The first-order chi connectivity index (χ1) is 19.0. The van der Waals surface area contributed by atoms with Crippen molar-refractivity contribution < 1.29 is 41.8 Å². The fourth-order valence-corrected chi connectivity index (χ4v) is 5.60. The summed E-state index contributed by atoms with van der Waals surface area (Å²) in [6.45, 7) is 4.71. The number of ether oxygens (including phenoxy) is 3. The van der Waals surface area contributed by atoms with Crippen LogP contribution in [0.4, 0.5) is 13.2 Å². The minimum absolute atomic E-state index is 0.00116. The van der Waals surface area contributed by atoms with Gasteiger partial charge in [0.2, 0.25) is 0 Å². The van der Waals surface area contributed by atoms with Gasteiger partial charge in [-0.25, -0.2) is 4.79 Å². The molecule has 1 N–H and O–H groups in total. The van der Waals surface area contributed by atoms with Crippen molar-refractivity contribution >= 4 is 17.7 Å². The van der Waals surface area contributed by atoms with Gasteiger partial charge in [0.1, 0.15) is 11.7 Å². The molecule has 0 saturated carbocycles. The minimum Gasteiger partial charge on any atom is -0.496 e. The molecular weight excluding hydrogens is 527 g/mol. The van der Waals surface area contributed by atoms with Crippen molar-refractivity contribution in [2.45, 2.75) is 45.2 Å². The molecule has 2 aromatic rings. The summed E-state index contributed by atoms with van der Waals surface area (Å²) in [7, 11) is 1.47. The second-order valence-corrected chi connectivity index (χ2v) is 9.44. The van der Waals surface area contributed by atoms with Crippen molar-refractivity contribution in [2.75, 3.05) is 20.3 Å². The number of carbonyl (C=O) groups excluding carboxylic acids is 3. The van der Waals surface area contributed by atoms with E-state index in [1.807, 2.05) is 0 Å². The average Bonchev–Trinajstić information content (AvgIpc) is 2.91. The molecule has 1 heterocycles. The monoisotopic (exact) mass is 557 g/mol. The lowest BCUT2D eigenvalue weighted by Crippen LogP contribution is -2.43. The van der Waals surface area contributed by atoms with Crippen LogP contribution in [-0.2, 0) is 30.0 Å². The van der Waals surface area contributed by atoms with Crippen LogP contribution in [0, 0.1) is 5.92 Å². The number of alkyl halides is 3. The third-order valence-corrected chi connectivity index (χ3v) is 7.17. The number of carbonyl (C=O) groups is 3. The topological polar surface area (TPSA) is 90.9 Å². The van der Waals surface area contributed by atoms with E-state index < -0.39 is 47.2 Å². The zero-order chi connectivity index (χ0) is 29.2. The van der Waals surface area contributed by atoms with Gasteiger partial charge in [-0.2, -0.15) is 13.2 Å². The average molecular weight is 558 g/mol. The van der Waals surface area contributed by atoms with E-state index >= 15 is 0 Å². The van der Waals surface area contributed by atoms with Crippen LogP contribution < -0.4 is 10.1 Å². The summed E-state index contributed by atoms with van der Waals surface area (Å²) in [5, 5.41) is 3.09. The van der Waals surface area contributed by atoms with Crippen molar-refractivity contribution in [3.05, 3.63) is 87.8 Å². The molecule has 3 atom stereocenters. The second kappa shape index (κ2) is 11.6. The highest BCUT2D eigenvalue weighted by Gasteiger charge is 2.51. The predicted molar refractivity (Wildman–Crippen MR) is 139 cm³/mol. The Kier molecular flexibility index (Phi) is 8.37. The van der Waals surface area contributed by atoms with Gasteiger partial charge in [-0.1, -0.05) is 36.4 Å². The van der Waals surface area contributed by atoms with Gasteiger partial charge in [0.15, 0.2) is 5.78 Å². The molecule has 0 saturated heterocycles. The Labute approximate surface area is 230 Å². The van der Waals surface area contributed by atoms with Crippen molar-refractivity contribution in [3.8, 4) is 5.75 Å². The number of nitrogens with one attached hydrogen (secondary N) is 1. The number of rotatable bonds is 7. The Morgan fingerprint density at radius 1 is 0.975 bits per heavy atom. The van der Waals surface area contributed by atoms with Gasteiger partial charge in [0, 0.05) is 28.8 Å². The largest absolute Gasteiger partial charge is 0.496 e. The number of hydrogen-bond donors (Lipinski definition) is 1. The van der Waals surface area contributed by atoms with Crippen LogP contribution in [0.5, 0.6) is 5.75 Å². The number of ketones is 1. The lowest BCUT2D eigenvalue weighted by molar-refractivity contribution is -0.152. The molecule has 0 fully saturated rings. The molecule has 0 aromatic heterocycles. The Morgan fingerprint density at radius 3 is 2.23 bits per heavy atom. The number of benzene rings is 2. The van der Waals surface area contributed by atoms with Gasteiger partial charge in [0.25, 0.3) is 0 Å². The quantitative estimate of drug-likeness (QED) is 0.359. The molecule has 0 spiro atoms. The number of Topliss-reactive ketones (excluding diaryl/α,β-unsaturated/α-hetero) is 1. The first-order valence-corrected chi connectivity index (χ1v) is 12.9. The molecule has 1 aliphatic carbocycles. The first kappa shape index (κ1) is 28.9. The summed E-state index contributed by atoms with van der Waals surface area (Å²) in [5.74, 6) is -5.46. The fourth-order valence-electron chi connectivity index (χ4n) is 5.60. The van der Waals surface area contributed by atoms with Crippen LogP contribution in [0.3, 0.4) is 0 Å². The Balaban J connectivity index is 1.99. The molecule has 1 aliphatic heterocycles. The van der Waals surface area contributed by atoms with E-state index in [0.717, 1.165) is 6.07 Å². The Morgan fingerprint density at radius 2 is 1.60 bits per heavy atom. The molecule has 0 radical (unpaired) electrons. The van der Waals surface area contributed by atoms with Gasteiger partial charge in [-0.05, 0) is 50.5 Å². The molecule has 0 bridgehead atoms. The highest BCUT2D eigenvalue weighted by molar-refractivity contribution is 6.13. The Bertz CT molecular complexity index is 1390. The SMILES string of the molecule is CCOC(=O)C1=C(C)NC2=C(C(=O)C(C(=O)OCC)C(c3ccccc3OC)C2)C1c1ccccc1C(F)(F)F. The molecule has 2 aromatic carbocycles. The van der Waals surface area contributed by atoms with Gasteiger partial charge >= 0.3 is 18.1 Å². The molecule has 40 heavy (non-hydrogen) atoms. The summed E-state index contributed by atoms with van der Waals surface area (Å²) in [6.07, 6.45) is -4.68. The summed E-state index contributed by atoms with van der Waals surface area (Å²) >= 11 is 0. The molecule has 212 valence electrons. The van der Waals surface area contributed by atoms with Crippen LogP contribution in [0.1, 0.15) is 55.7 Å². The molecule has 2 aliphatic rings. The highest BCUT2D eigenvalue weighted by Crippen LogP contribution is 2.51. The summed E-state index contributed by atoms with van der Waals surface area (Å²) in [6, 6.07) is 11.7. The highest BCUT2D eigenvalue weighted by atomic mass is 19.4. The minimum atomic E-state index is -4.77. The zero-order valence-electron chi connectivity index (χ0n) is 22.6. The van der Waals surface area contributed by atoms with E-state index in [4.69, 9.17) is 14.2 Å². The number of para-hydroxylation sites is 1. The number of hydrogen-bond acceptors (Lipinski definition) is 7. The van der Waals surface area contributed by atoms with E-state index in [9.17, 15) is 27.6 Å². The summed E-state index contributed by atoms with van der Waals surface area (Å²) < 4.78 is 58.7. The van der Waals surface area contributed by atoms with E-state index in [1.54, 1.807) is 45.0 Å². The molecule has 10 heteroatoms. The number of halogens is 3.